The van der Waals surface area contributed by atoms with E-state index in [-0.39, 0.29) is 16.5 Å². The van der Waals surface area contributed by atoms with E-state index in [1.807, 2.05) is 12.2 Å². The number of allylic oxidation sites excluding steroid dienone is 1. The largest absolute Gasteiger partial charge is 0.478 e. The summed E-state index contributed by atoms with van der Waals surface area (Å²) in [7, 11) is -3.68. The summed E-state index contributed by atoms with van der Waals surface area (Å²) < 4.78 is 27.1. The fourth-order valence-electron chi connectivity index (χ4n) is 2.19. The van der Waals surface area contributed by atoms with Gasteiger partial charge in [0.2, 0.25) is 10.0 Å². The standard InChI is InChI=1S/C14H17NO4S/c1-10-7-8-12(9-13(10)14(16)17)20(18,19)15-11-5-3-2-4-6-11/h2-3,7-9,11,15H,4-6H2,1H3,(H,16,17). The first kappa shape index (κ1) is 14.7. The topological polar surface area (TPSA) is 83.5 Å². The number of benzene rings is 1. The minimum absolute atomic E-state index is 0.00458. The number of carboxylic acids is 1. The molecule has 0 bridgehead atoms. The number of aryl methyl sites for hydroxylation is 1. The molecule has 1 aliphatic rings. The number of sulfonamides is 1. The monoisotopic (exact) mass is 295 g/mol. The van der Waals surface area contributed by atoms with Crippen LogP contribution in [0.2, 0.25) is 0 Å². The zero-order chi connectivity index (χ0) is 14.8. The van der Waals surface area contributed by atoms with E-state index in [1.165, 1.54) is 18.2 Å². The van der Waals surface area contributed by atoms with Gasteiger partial charge in [-0.1, -0.05) is 18.2 Å². The molecule has 0 spiro atoms. The molecule has 0 aromatic heterocycles. The van der Waals surface area contributed by atoms with Crippen LogP contribution in [0.15, 0.2) is 35.2 Å². The van der Waals surface area contributed by atoms with E-state index in [1.54, 1.807) is 6.92 Å². The van der Waals surface area contributed by atoms with Crippen molar-refractivity contribution >= 4 is 16.0 Å². The van der Waals surface area contributed by atoms with Crippen LogP contribution in [0.4, 0.5) is 0 Å². The molecule has 1 atom stereocenters. The Labute approximate surface area is 118 Å². The molecule has 1 aromatic rings. The molecule has 1 aromatic carbocycles. The number of aromatic carboxylic acids is 1. The van der Waals surface area contributed by atoms with E-state index in [0.717, 1.165) is 12.8 Å². The lowest BCUT2D eigenvalue weighted by Crippen LogP contribution is -2.35. The van der Waals surface area contributed by atoms with Crippen LogP contribution in [0.1, 0.15) is 35.2 Å². The molecule has 20 heavy (non-hydrogen) atoms. The summed E-state index contributed by atoms with van der Waals surface area (Å²) in [6, 6.07) is 4.03. The summed E-state index contributed by atoms with van der Waals surface area (Å²) in [4.78, 5) is 11.1. The predicted octanol–water partition coefficient (Wildman–Crippen LogP) is 2.08. The molecule has 108 valence electrons. The van der Waals surface area contributed by atoms with Crippen molar-refractivity contribution in [2.75, 3.05) is 0 Å². The van der Waals surface area contributed by atoms with Gasteiger partial charge in [0, 0.05) is 6.04 Å². The Hall–Kier alpha value is -1.66. The van der Waals surface area contributed by atoms with Crippen LogP contribution >= 0.6 is 0 Å². The molecule has 1 unspecified atom stereocenters. The molecule has 0 aliphatic heterocycles. The maximum atomic E-state index is 12.3. The maximum Gasteiger partial charge on any atom is 0.335 e. The van der Waals surface area contributed by atoms with Crippen LogP contribution in [0.5, 0.6) is 0 Å². The minimum atomic E-state index is -3.68. The van der Waals surface area contributed by atoms with Crippen molar-refractivity contribution in [2.45, 2.75) is 37.1 Å². The van der Waals surface area contributed by atoms with Gasteiger partial charge < -0.3 is 5.11 Å². The Kier molecular flexibility index (Phi) is 4.25. The van der Waals surface area contributed by atoms with Crippen molar-refractivity contribution in [1.82, 2.24) is 4.72 Å². The van der Waals surface area contributed by atoms with Gasteiger partial charge in [-0.2, -0.15) is 0 Å². The smallest absolute Gasteiger partial charge is 0.335 e. The minimum Gasteiger partial charge on any atom is -0.478 e. The highest BCUT2D eigenvalue weighted by Gasteiger charge is 2.22. The van der Waals surface area contributed by atoms with E-state index < -0.39 is 16.0 Å². The van der Waals surface area contributed by atoms with Crippen LogP contribution in [0.3, 0.4) is 0 Å². The van der Waals surface area contributed by atoms with Gasteiger partial charge in [0.15, 0.2) is 0 Å². The number of hydrogen-bond donors (Lipinski definition) is 2. The lowest BCUT2D eigenvalue weighted by atomic mass is 10.0. The first-order valence-electron chi connectivity index (χ1n) is 6.41. The van der Waals surface area contributed by atoms with Crippen molar-refractivity contribution in [3.05, 3.63) is 41.5 Å². The van der Waals surface area contributed by atoms with Crippen molar-refractivity contribution in [3.63, 3.8) is 0 Å². The van der Waals surface area contributed by atoms with Crippen LogP contribution in [-0.4, -0.2) is 25.5 Å². The summed E-state index contributed by atoms with van der Waals surface area (Å²) >= 11 is 0. The quantitative estimate of drug-likeness (QED) is 0.833. The van der Waals surface area contributed by atoms with Gasteiger partial charge in [-0.3, -0.25) is 0 Å². The van der Waals surface area contributed by atoms with Gasteiger partial charge in [0.05, 0.1) is 10.5 Å². The second kappa shape index (κ2) is 5.76. The summed E-state index contributed by atoms with van der Waals surface area (Å²) in [6.45, 7) is 1.64. The normalized spacial score (nSPS) is 18.9. The highest BCUT2D eigenvalue weighted by Crippen LogP contribution is 2.18. The molecule has 0 fully saturated rings. The van der Waals surface area contributed by atoms with E-state index in [2.05, 4.69) is 4.72 Å². The SMILES string of the molecule is Cc1ccc(S(=O)(=O)NC2CC=CCC2)cc1C(=O)O. The van der Waals surface area contributed by atoms with Gasteiger partial charge in [-0.05, 0) is 43.9 Å². The molecule has 0 amide bonds. The highest BCUT2D eigenvalue weighted by atomic mass is 32.2. The number of rotatable bonds is 4. The number of carboxylic acid groups (broad SMARTS) is 1. The Morgan fingerprint density at radius 3 is 2.70 bits per heavy atom. The molecule has 2 N–H and O–H groups in total. The van der Waals surface area contributed by atoms with Crippen LogP contribution in [-0.2, 0) is 10.0 Å². The average molecular weight is 295 g/mol. The Morgan fingerprint density at radius 1 is 1.35 bits per heavy atom. The predicted molar refractivity (Wildman–Crippen MR) is 75.2 cm³/mol. The second-order valence-corrected chi connectivity index (χ2v) is 6.60. The van der Waals surface area contributed by atoms with Crippen molar-refractivity contribution in [3.8, 4) is 0 Å². The number of carbonyl (C=O) groups is 1. The maximum absolute atomic E-state index is 12.3. The van der Waals surface area contributed by atoms with Crippen molar-refractivity contribution in [1.29, 1.82) is 0 Å². The summed E-state index contributed by atoms with van der Waals surface area (Å²) in [5.74, 6) is -1.12. The van der Waals surface area contributed by atoms with E-state index >= 15 is 0 Å². The number of hydrogen-bond acceptors (Lipinski definition) is 3. The van der Waals surface area contributed by atoms with Crippen LogP contribution in [0, 0.1) is 6.92 Å². The molecule has 0 saturated heterocycles. The van der Waals surface area contributed by atoms with E-state index in [4.69, 9.17) is 5.11 Å². The van der Waals surface area contributed by atoms with Gasteiger partial charge in [0.1, 0.15) is 0 Å². The van der Waals surface area contributed by atoms with Gasteiger partial charge in [-0.15, -0.1) is 0 Å². The Morgan fingerprint density at radius 2 is 2.10 bits per heavy atom. The fraction of sp³-hybridized carbons (Fsp3) is 0.357. The molecule has 1 aliphatic carbocycles. The third kappa shape index (κ3) is 3.26. The van der Waals surface area contributed by atoms with Crippen molar-refractivity contribution in [2.24, 2.45) is 0 Å². The molecule has 0 radical (unpaired) electrons. The highest BCUT2D eigenvalue weighted by molar-refractivity contribution is 7.89. The first-order chi connectivity index (χ1) is 9.40. The number of nitrogens with one attached hydrogen (secondary N) is 1. The zero-order valence-electron chi connectivity index (χ0n) is 11.2. The zero-order valence-corrected chi connectivity index (χ0v) is 12.0. The van der Waals surface area contributed by atoms with E-state index in [0.29, 0.717) is 12.0 Å². The summed E-state index contributed by atoms with van der Waals surface area (Å²) in [5.41, 5.74) is 0.550. The third-order valence-electron chi connectivity index (χ3n) is 3.34. The fourth-order valence-corrected chi connectivity index (χ4v) is 3.50. The lowest BCUT2D eigenvalue weighted by Gasteiger charge is -2.19. The van der Waals surface area contributed by atoms with Crippen molar-refractivity contribution < 1.29 is 18.3 Å². The summed E-state index contributed by atoms with van der Waals surface area (Å²) in [6.07, 6.45) is 6.25. The summed E-state index contributed by atoms with van der Waals surface area (Å²) in [5, 5.41) is 9.05. The Bertz CT molecular complexity index is 649. The Balaban J connectivity index is 2.27. The van der Waals surface area contributed by atoms with E-state index in [9.17, 15) is 13.2 Å². The first-order valence-corrected chi connectivity index (χ1v) is 7.90. The lowest BCUT2D eigenvalue weighted by molar-refractivity contribution is 0.0696. The second-order valence-electron chi connectivity index (χ2n) is 4.88. The molecule has 6 heteroatoms. The molecular formula is C14H17NO4S. The average Bonchev–Trinajstić information content (AvgIpc) is 2.39. The van der Waals surface area contributed by atoms with Gasteiger partial charge in [0.25, 0.3) is 0 Å². The molecule has 2 rings (SSSR count). The van der Waals surface area contributed by atoms with Gasteiger partial charge in [-0.25, -0.2) is 17.9 Å². The molecule has 5 nitrogen and oxygen atoms in total. The van der Waals surface area contributed by atoms with Crippen LogP contribution in [0.25, 0.3) is 0 Å². The van der Waals surface area contributed by atoms with Gasteiger partial charge >= 0.3 is 5.97 Å². The molecular weight excluding hydrogens is 278 g/mol. The van der Waals surface area contributed by atoms with Crippen LogP contribution < -0.4 is 4.72 Å². The molecule has 0 saturated carbocycles. The molecule has 0 heterocycles. The third-order valence-corrected chi connectivity index (χ3v) is 4.86.